The van der Waals surface area contributed by atoms with Crippen LogP contribution in [0.15, 0.2) is 0 Å². The second-order valence-corrected chi connectivity index (χ2v) is 3.88. The molecule has 0 amide bonds. The van der Waals surface area contributed by atoms with E-state index in [0.29, 0.717) is 0 Å². The van der Waals surface area contributed by atoms with E-state index < -0.39 is 41.7 Å². The van der Waals surface area contributed by atoms with Crippen molar-refractivity contribution in [2.75, 3.05) is 0 Å². The van der Waals surface area contributed by atoms with Crippen LogP contribution in [0.2, 0.25) is 0 Å². The second kappa shape index (κ2) is 3.64. The van der Waals surface area contributed by atoms with Crippen molar-refractivity contribution in [1.29, 1.82) is 0 Å². The predicted molar refractivity (Wildman–Crippen MR) is 34.6 cm³/mol. The van der Waals surface area contributed by atoms with Gasteiger partial charge in [0.1, 0.15) is 0 Å². The van der Waals surface area contributed by atoms with Gasteiger partial charge in [-0.25, -0.2) is 13.2 Å². The Kier molecular flexibility index (Phi) is 3.12. The molecule has 0 aromatic carbocycles. The van der Waals surface area contributed by atoms with Gasteiger partial charge in [-0.2, -0.15) is 43.9 Å². The maximum atomic E-state index is 13.0. The zero-order valence-corrected chi connectivity index (χ0v) is 8.49. The minimum Gasteiger partial charge on any atom is -0.223 e. The lowest BCUT2D eigenvalue weighted by Crippen LogP contribution is -2.85. The quantitative estimate of drug-likeness (QED) is 0.633. The average molecular weight is 332 g/mol. The largest absolute Gasteiger partial charge is 0.384 e. The van der Waals surface area contributed by atoms with E-state index in [-0.39, 0.29) is 0 Å². The molecule has 0 saturated heterocycles. The van der Waals surface area contributed by atoms with Crippen LogP contribution in [0.25, 0.3) is 0 Å². The van der Waals surface area contributed by atoms with Gasteiger partial charge in [0.2, 0.25) is 0 Å². The van der Waals surface area contributed by atoms with E-state index in [9.17, 15) is 57.1 Å². The zero-order valence-electron chi connectivity index (χ0n) is 8.49. The van der Waals surface area contributed by atoms with Crippen molar-refractivity contribution >= 4 is 0 Å². The summed E-state index contributed by atoms with van der Waals surface area (Å²) in [6, 6.07) is 0. The maximum absolute atomic E-state index is 13.0. The Morgan fingerprint density at radius 3 is 0.800 bits per heavy atom. The van der Waals surface area contributed by atoms with E-state index >= 15 is 0 Å². The zero-order chi connectivity index (χ0) is 16.6. The Morgan fingerprint density at radius 1 is 0.400 bits per heavy atom. The summed E-state index contributed by atoms with van der Waals surface area (Å²) >= 11 is 0. The van der Waals surface area contributed by atoms with E-state index in [4.69, 9.17) is 0 Å². The molecule has 0 N–H and O–H groups in total. The molecule has 120 valence electrons. The summed E-state index contributed by atoms with van der Waals surface area (Å²) in [4.78, 5) is 0. The Morgan fingerprint density at radius 2 is 0.600 bits per heavy atom. The van der Waals surface area contributed by atoms with Gasteiger partial charge in [-0.1, -0.05) is 0 Å². The van der Waals surface area contributed by atoms with Crippen molar-refractivity contribution in [3.8, 4) is 0 Å². The third kappa shape index (κ3) is 1.27. The molecule has 0 unspecified atom stereocenters. The van der Waals surface area contributed by atoms with Crippen LogP contribution in [0.1, 0.15) is 0 Å². The van der Waals surface area contributed by atoms with Gasteiger partial charge in [-0.15, -0.1) is 0 Å². The third-order valence-electron chi connectivity index (χ3n) is 2.79. The van der Waals surface area contributed by atoms with E-state index in [0.717, 1.165) is 0 Å². The molecule has 0 aromatic rings. The molecule has 0 radical (unpaired) electrons. The molecule has 1 saturated carbocycles. The molecule has 0 spiro atoms. The fourth-order valence-corrected chi connectivity index (χ4v) is 1.52. The molecule has 1 aliphatic carbocycles. The van der Waals surface area contributed by atoms with Crippen LogP contribution in [-0.2, 0) is 0 Å². The summed E-state index contributed by atoms with van der Waals surface area (Å²) in [7, 11) is 0. The normalized spacial score (nSPS) is 32.1. The van der Waals surface area contributed by atoms with E-state index in [1.165, 1.54) is 0 Å². The first-order valence-corrected chi connectivity index (χ1v) is 4.30. The fraction of sp³-hybridized carbons (Fsp3) is 1.00. The van der Waals surface area contributed by atoms with E-state index in [1.54, 1.807) is 0 Å². The van der Waals surface area contributed by atoms with Gasteiger partial charge in [-0.3, -0.25) is 0 Å². The number of hydrogen-bond acceptors (Lipinski definition) is 0. The highest BCUT2D eigenvalue weighted by Crippen LogP contribution is 2.70. The molecule has 0 atom stereocenters. The Hall–Kier alpha value is -0.910. The molecular weight excluding hydrogens is 331 g/mol. The highest BCUT2D eigenvalue weighted by molar-refractivity contribution is 5.27. The third-order valence-corrected chi connectivity index (χ3v) is 2.79. The predicted octanol–water partition coefficient (Wildman–Crippen LogP) is 4.15. The van der Waals surface area contributed by atoms with Gasteiger partial charge in [0, 0.05) is 0 Å². The maximum Gasteiger partial charge on any atom is 0.384 e. The molecule has 0 aromatic heterocycles. The number of rotatable bonds is 1. The summed E-state index contributed by atoms with van der Waals surface area (Å²) in [5.74, 6) is -37.3. The summed E-state index contributed by atoms with van der Waals surface area (Å²) in [6.45, 7) is 0. The highest BCUT2D eigenvalue weighted by atomic mass is 19.4. The van der Waals surface area contributed by atoms with Crippen LogP contribution in [0, 0.1) is 0 Å². The van der Waals surface area contributed by atoms with Gasteiger partial charge >= 0.3 is 35.3 Å². The molecule has 0 heterocycles. The van der Waals surface area contributed by atoms with Crippen LogP contribution in [0.3, 0.4) is 0 Å². The molecule has 20 heavy (non-hydrogen) atoms. The van der Waals surface area contributed by atoms with Crippen molar-refractivity contribution in [2.45, 2.75) is 41.7 Å². The number of alkyl halides is 13. The molecule has 1 fully saturated rings. The second-order valence-electron chi connectivity index (χ2n) is 3.88. The Balaban J connectivity index is 3.83. The van der Waals surface area contributed by atoms with Crippen molar-refractivity contribution in [1.82, 2.24) is 0 Å². The van der Waals surface area contributed by atoms with E-state index in [2.05, 4.69) is 0 Å². The van der Waals surface area contributed by atoms with Crippen molar-refractivity contribution in [3.63, 3.8) is 0 Å². The van der Waals surface area contributed by atoms with Crippen LogP contribution >= 0.6 is 0 Å². The first-order chi connectivity index (χ1) is 8.44. The number of halogens is 13. The molecule has 0 nitrogen and oxygen atoms in total. The van der Waals surface area contributed by atoms with Gasteiger partial charge in [0.25, 0.3) is 6.43 Å². The van der Waals surface area contributed by atoms with E-state index in [1.807, 2.05) is 0 Å². The van der Waals surface area contributed by atoms with Crippen molar-refractivity contribution in [3.05, 3.63) is 0 Å². The van der Waals surface area contributed by atoms with Gasteiger partial charge in [-0.05, 0) is 0 Å². The smallest absolute Gasteiger partial charge is 0.223 e. The first kappa shape index (κ1) is 17.1. The van der Waals surface area contributed by atoms with Crippen LogP contribution in [-0.4, -0.2) is 41.7 Å². The van der Waals surface area contributed by atoms with Crippen LogP contribution in [0.5, 0.6) is 0 Å². The minimum atomic E-state index is -7.48. The molecular formula is C7HF13. The molecule has 0 aliphatic heterocycles. The lowest BCUT2D eigenvalue weighted by molar-refractivity contribution is -0.495. The summed E-state index contributed by atoms with van der Waals surface area (Å²) in [5, 5.41) is 0. The molecule has 1 rings (SSSR count). The molecule has 0 bridgehead atoms. The van der Waals surface area contributed by atoms with Gasteiger partial charge in [0.05, 0.1) is 0 Å². The summed E-state index contributed by atoms with van der Waals surface area (Å²) < 4.78 is 163. The highest BCUT2D eigenvalue weighted by Gasteiger charge is 3.02. The van der Waals surface area contributed by atoms with Gasteiger partial charge in [0.15, 0.2) is 0 Å². The first-order valence-electron chi connectivity index (χ1n) is 4.30. The fourth-order valence-electron chi connectivity index (χ4n) is 1.52. The van der Waals surface area contributed by atoms with Gasteiger partial charge < -0.3 is 0 Å². The SMILES string of the molecule is FC(F)C1(F)C(F)(F)C(F)(F)C(F)(F)C(F)(F)C1(F)F. The minimum absolute atomic E-state index is 5.79. The monoisotopic (exact) mass is 332 g/mol. The molecule has 1 aliphatic rings. The lowest BCUT2D eigenvalue weighted by atomic mass is 9.72. The van der Waals surface area contributed by atoms with Crippen molar-refractivity contribution < 1.29 is 57.1 Å². The van der Waals surface area contributed by atoms with Crippen LogP contribution in [0.4, 0.5) is 57.1 Å². The lowest BCUT2D eigenvalue weighted by Gasteiger charge is -2.51. The summed E-state index contributed by atoms with van der Waals surface area (Å²) in [6.07, 6.45) is -5.79. The Bertz CT molecular complexity index is 377. The number of hydrogen-bond donors (Lipinski definition) is 0. The van der Waals surface area contributed by atoms with Crippen molar-refractivity contribution in [2.24, 2.45) is 0 Å². The Labute approximate surface area is 100 Å². The average Bonchev–Trinajstić information content (AvgIpc) is 2.24. The van der Waals surface area contributed by atoms with Crippen LogP contribution < -0.4 is 0 Å². The topological polar surface area (TPSA) is 0 Å². The molecule has 13 heteroatoms. The summed E-state index contributed by atoms with van der Waals surface area (Å²) in [5.41, 5.74) is -7.19. The standard InChI is InChI=1S/C7HF13/c8-1(9)2(10)3(11,12)5(15,16)7(19,20)6(17,18)4(2,13)14/h1H.